The summed E-state index contributed by atoms with van der Waals surface area (Å²) >= 11 is 0. The Morgan fingerprint density at radius 2 is 1.39 bits per heavy atom. The van der Waals surface area contributed by atoms with Crippen molar-refractivity contribution in [1.82, 2.24) is 5.32 Å². The third-order valence-corrected chi connectivity index (χ3v) is 2.70. The highest BCUT2D eigenvalue weighted by atomic mass is 14.8. The van der Waals surface area contributed by atoms with Gasteiger partial charge in [0.25, 0.3) is 0 Å². The Hall–Kier alpha value is -0.0400. The molecular formula is C17H41N. The van der Waals surface area contributed by atoms with Crippen LogP contribution < -0.4 is 5.32 Å². The first-order valence-electron chi connectivity index (χ1n) is 8.32. The summed E-state index contributed by atoms with van der Waals surface area (Å²) in [6.45, 7) is 19.9. The molecule has 0 aromatic heterocycles. The highest BCUT2D eigenvalue weighted by molar-refractivity contribution is 4.61. The fourth-order valence-corrected chi connectivity index (χ4v) is 1.59. The highest BCUT2D eigenvalue weighted by Gasteiger charge is 2.05. The van der Waals surface area contributed by atoms with Crippen molar-refractivity contribution in [2.45, 2.75) is 87.5 Å². The van der Waals surface area contributed by atoms with Gasteiger partial charge in [-0.3, -0.25) is 0 Å². The van der Waals surface area contributed by atoms with Gasteiger partial charge in [0.2, 0.25) is 0 Å². The lowest BCUT2D eigenvalue weighted by atomic mass is 9.95. The largest absolute Gasteiger partial charge is 0.316 e. The van der Waals surface area contributed by atoms with Gasteiger partial charge < -0.3 is 5.32 Å². The monoisotopic (exact) mass is 259 g/mol. The maximum Gasteiger partial charge on any atom is -0.00231 e. The van der Waals surface area contributed by atoms with Crippen molar-refractivity contribution in [3.63, 3.8) is 0 Å². The topological polar surface area (TPSA) is 12.0 Å². The summed E-state index contributed by atoms with van der Waals surface area (Å²) in [5, 5.41) is 3.52. The summed E-state index contributed by atoms with van der Waals surface area (Å²) in [7, 11) is 0. The van der Waals surface area contributed by atoms with Crippen LogP contribution in [-0.2, 0) is 0 Å². The third-order valence-electron chi connectivity index (χ3n) is 2.70. The second-order valence-corrected chi connectivity index (χ2v) is 5.12. The van der Waals surface area contributed by atoms with Crippen LogP contribution in [0.4, 0.5) is 0 Å². The minimum Gasteiger partial charge on any atom is -0.316 e. The van der Waals surface area contributed by atoms with E-state index in [0.717, 1.165) is 11.8 Å². The highest BCUT2D eigenvalue weighted by Crippen LogP contribution is 2.13. The molecule has 0 heterocycles. The van der Waals surface area contributed by atoms with E-state index in [1.165, 1.54) is 45.2 Å². The second kappa shape index (κ2) is 22.2. The van der Waals surface area contributed by atoms with Gasteiger partial charge in [-0.2, -0.15) is 0 Å². The van der Waals surface area contributed by atoms with E-state index in [1.54, 1.807) is 0 Å². The molecule has 0 aliphatic rings. The fraction of sp³-hybridized carbons (Fsp3) is 1.00. The van der Waals surface area contributed by atoms with Crippen LogP contribution in [0, 0.1) is 11.8 Å². The summed E-state index contributed by atoms with van der Waals surface area (Å²) in [6, 6.07) is 0. The van der Waals surface area contributed by atoms with Gasteiger partial charge in [-0.1, -0.05) is 74.7 Å². The molecule has 1 N–H and O–H groups in total. The lowest BCUT2D eigenvalue weighted by Crippen LogP contribution is -2.23. The fourth-order valence-electron chi connectivity index (χ4n) is 1.59. The molecule has 0 spiro atoms. The minimum absolute atomic E-state index is 0.840. The van der Waals surface area contributed by atoms with Crippen LogP contribution in [0.5, 0.6) is 0 Å². The zero-order chi connectivity index (χ0) is 14.8. The van der Waals surface area contributed by atoms with Crippen LogP contribution in [0.15, 0.2) is 0 Å². The molecule has 18 heavy (non-hydrogen) atoms. The molecule has 0 bridgehead atoms. The first kappa shape index (κ1) is 23.1. The Kier molecular flexibility index (Phi) is 28.4. The zero-order valence-corrected chi connectivity index (χ0v) is 14.6. The molecule has 1 heteroatoms. The third kappa shape index (κ3) is 25.0. The molecule has 1 nitrogen and oxygen atoms in total. The van der Waals surface area contributed by atoms with Crippen LogP contribution in [0.3, 0.4) is 0 Å². The second-order valence-electron chi connectivity index (χ2n) is 5.12. The van der Waals surface area contributed by atoms with Crippen molar-refractivity contribution in [2.75, 3.05) is 13.1 Å². The molecule has 114 valence electrons. The molecular weight excluding hydrogens is 218 g/mol. The lowest BCUT2D eigenvalue weighted by Gasteiger charge is -2.16. The number of hydrogen-bond donors (Lipinski definition) is 1. The van der Waals surface area contributed by atoms with E-state index in [1.807, 2.05) is 13.8 Å². The standard InChI is InChI=1S/C12H27N.C3H8.C2H6/c1-5-7-8-13-10-12(4)9-11(3)6-2;1-3-2;1-2/h11-13H,5-10H2,1-4H3;3H2,1-2H3;1-2H3. The van der Waals surface area contributed by atoms with Gasteiger partial charge in [0, 0.05) is 0 Å². The molecule has 2 unspecified atom stereocenters. The normalized spacial score (nSPS) is 12.7. The van der Waals surface area contributed by atoms with Gasteiger partial charge in [-0.25, -0.2) is 0 Å². The van der Waals surface area contributed by atoms with E-state index in [2.05, 4.69) is 46.9 Å². The quantitative estimate of drug-likeness (QED) is 0.536. The molecule has 0 aromatic rings. The van der Waals surface area contributed by atoms with Crippen LogP contribution in [0.2, 0.25) is 0 Å². The summed E-state index contributed by atoms with van der Waals surface area (Å²) in [6.07, 6.45) is 6.55. The Balaban J connectivity index is -0.000000389. The minimum atomic E-state index is 0.840. The Morgan fingerprint density at radius 3 is 1.78 bits per heavy atom. The van der Waals surface area contributed by atoms with E-state index in [9.17, 15) is 0 Å². The van der Waals surface area contributed by atoms with Gasteiger partial charge in [0.1, 0.15) is 0 Å². The number of rotatable bonds is 8. The van der Waals surface area contributed by atoms with Gasteiger partial charge >= 0.3 is 0 Å². The molecule has 0 saturated heterocycles. The molecule has 2 atom stereocenters. The molecule has 0 aliphatic heterocycles. The predicted octanol–water partition coefficient (Wildman–Crippen LogP) is 5.89. The zero-order valence-electron chi connectivity index (χ0n) is 14.6. The van der Waals surface area contributed by atoms with Crippen molar-refractivity contribution < 1.29 is 0 Å². The SMILES string of the molecule is CC.CCC.CCCCNCC(C)CC(C)CC. The Bertz CT molecular complexity index is 112. The summed E-state index contributed by atoms with van der Waals surface area (Å²) in [4.78, 5) is 0. The molecule has 0 rings (SSSR count). The van der Waals surface area contributed by atoms with Crippen LogP contribution in [0.1, 0.15) is 87.5 Å². The number of hydrogen-bond acceptors (Lipinski definition) is 1. The van der Waals surface area contributed by atoms with Crippen LogP contribution in [-0.4, -0.2) is 13.1 Å². The first-order chi connectivity index (χ1) is 8.62. The maximum absolute atomic E-state index is 3.52. The number of unbranched alkanes of at least 4 members (excludes halogenated alkanes) is 1. The summed E-state index contributed by atoms with van der Waals surface area (Å²) in [5.41, 5.74) is 0. The van der Waals surface area contributed by atoms with Crippen molar-refractivity contribution >= 4 is 0 Å². The summed E-state index contributed by atoms with van der Waals surface area (Å²) < 4.78 is 0. The lowest BCUT2D eigenvalue weighted by molar-refractivity contribution is 0.387. The van der Waals surface area contributed by atoms with E-state index < -0.39 is 0 Å². The Morgan fingerprint density at radius 1 is 0.889 bits per heavy atom. The van der Waals surface area contributed by atoms with Gasteiger partial charge in [0.15, 0.2) is 0 Å². The average Bonchev–Trinajstić information content (AvgIpc) is 2.38. The molecule has 0 saturated carbocycles. The molecule has 0 radical (unpaired) electrons. The van der Waals surface area contributed by atoms with Crippen molar-refractivity contribution in [3.8, 4) is 0 Å². The molecule has 0 amide bonds. The first-order valence-corrected chi connectivity index (χ1v) is 8.32. The van der Waals surface area contributed by atoms with E-state index in [-0.39, 0.29) is 0 Å². The predicted molar refractivity (Wildman–Crippen MR) is 88.3 cm³/mol. The molecule has 0 fully saturated rings. The van der Waals surface area contributed by atoms with Crippen molar-refractivity contribution in [2.24, 2.45) is 11.8 Å². The van der Waals surface area contributed by atoms with E-state index in [0.29, 0.717) is 0 Å². The van der Waals surface area contributed by atoms with Crippen LogP contribution in [0.25, 0.3) is 0 Å². The van der Waals surface area contributed by atoms with E-state index >= 15 is 0 Å². The smallest absolute Gasteiger partial charge is 0.00231 e. The average molecular weight is 260 g/mol. The molecule has 0 aliphatic carbocycles. The van der Waals surface area contributed by atoms with Gasteiger partial charge in [-0.05, 0) is 37.8 Å². The maximum atomic E-state index is 3.52. The Labute approximate surface area is 118 Å². The van der Waals surface area contributed by atoms with Gasteiger partial charge in [0.05, 0.1) is 0 Å². The molecule has 0 aromatic carbocycles. The van der Waals surface area contributed by atoms with Crippen LogP contribution >= 0.6 is 0 Å². The van der Waals surface area contributed by atoms with Crippen molar-refractivity contribution in [1.29, 1.82) is 0 Å². The van der Waals surface area contributed by atoms with Gasteiger partial charge in [-0.15, -0.1) is 0 Å². The summed E-state index contributed by atoms with van der Waals surface area (Å²) in [5.74, 6) is 1.73. The number of nitrogens with one attached hydrogen (secondary N) is 1. The van der Waals surface area contributed by atoms with Crippen molar-refractivity contribution in [3.05, 3.63) is 0 Å². The van der Waals surface area contributed by atoms with E-state index in [4.69, 9.17) is 0 Å².